The minimum absolute atomic E-state index is 0.251. The highest BCUT2D eigenvalue weighted by atomic mass is 32.2. The zero-order valence-corrected chi connectivity index (χ0v) is 12.2. The van der Waals surface area contributed by atoms with Gasteiger partial charge in [0.1, 0.15) is 18.0 Å². The van der Waals surface area contributed by atoms with Gasteiger partial charge in [-0.3, -0.25) is 4.18 Å². The van der Waals surface area contributed by atoms with Crippen LogP contribution >= 0.6 is 0 Å². The Morgan fingerprint density at radius 2 is 2.05 bits per heavy atom. The van der Waals surface area contributed by atoms with E-state index in [0.717, 1.165) is 11.0 Å². The van der Waals surface area contributed by atoms with Crippen LogP contribution in [0.5, 0.6) is 0 Å². The predicted molar refractivity (Wildman–Crippen MR) is 77.4 cm³/mol. The topological polar surface area (TPSA) is 52.6 Å². The summed E-state index contributed by atoms with van der Waals surface area (Å²) in [6.07, 6.45) is 2.53. The van der Waals surface area contributed by atoms with Gasteiger partial charge in [-0.05, 0) is 12.0 Å². The maximum Gasteiger partial charge on any atom is 0.294 e. The Morgan fingerprint density at radius 3 is 2.65 bits per heavy atom. The van der Waals surface area contributed by atoms with Crippen molar-refractivity contribution in [3.8, 4) is 0 Å². The molecule has 4 nitrogen and oxygen atoms in total. The molecule has 0 amide bonds. The predicted octanol–water partition coefficient (Wildman–Crippen LogP) is 2.78. The first kappa shape index (κ1) is 14.8. The molecule has 108 valence electrons. The average Bonchev–Trinajstić information content (AvgIpc) is 2.68. The van der Waals surface area contributed by atoms with E-state index in [1.807, 2.05) is 37.3 Å². The lowest BCUT2D eigenvalue weighted by atomic mass is 9.90. The number of rotatable bonds is 6. The van der Waals surface area contributed by atoms with Gasteiger partial charge in [0.15, 0.2) is 0 Å². The van der Waals surface area contributed by atoms with Crippen molar-refractivity contribution in [1.82, 2.24) is 0 Å². The number of benzene rings is 1. The Labute approximate surface area is 119 Å². The van der Waals surface area contributed by atoms with Crippen molar-refractivity contribution in [2.75, 3.05) is 6.61 Å². The fourth-order valence-corrected chi connectivity index (χ4v) is 3.54. The van der Waals surface area contributed by atoms with E-state index in [0.29, 0.717) is 18.6 Å². The maximum atomic E-state index is 11.8. The summed E-state index contributed by atoms with van der Waals surface area (Å²) >= 11 is 0. The molecule has 1 aliphatic rings. The van der Waals surface area contributed by atoms with Gasteiger partial charge in [0.2, 0.25) is 0 Å². The molecule has 0 aliphatic carbocycles. The van der Waals surface area contributed by atoms with Crippen LogP contribution in [0.25, 0.3) is 0 Å². The van der Waals surface area contributed by atoms with Crippen molar-refractivity contribution in [2.45, 2.75) is 25.4 Å². The van der Waals surface area contributed by atoms with Crippen molar-refractivity contribution < 1.29 is 17.3 Å². The van der Waals surface area contributed by atoms with Gasteiger partial charge in [-0.25, -0.2) is 0 Å². The molecule has 20 heavy (non-hydrogen) atoms. The van der Waals surface area contributed by atoms with Crippen LogP contribution < -0.4 is 0 Å². The zero-order chi connectivity index (χ0) is 14.6. The van der Waals surface area contributed by atoms with Crippen LogP contribution in [-0.4, -0.2) is 20.6 Å². The molecule has 0 radical (unpaired) electrons. The lowest BCUT2D eigenvalue weighted by Gasteiger charge is -2.28. The Balaban J connectivity index is 2.33. The van der Waals surface area contributed by atoms with Gasteiger partial charge in [0, 0.05) is 6.42 Å². The van der Waals surface area contributed by atoms with E-state index in [4.69, 9.17) is 8.92 Å². The van der Waals surface area contributed by atoms with Crippen LogP contribution in [-0.2, 0) is 25.5 Å². The normalized spacial score (nSPS) is 24.1. The Hall–Kier alpha value is -1.59. The molecule has 0 saturated heterocycles. The fraction of sp³-hybridized carbons (Fsp3) is 0.333. The molecule has 1 aromatic rings. The van der Waals surface area contributed by atoms with Gasteiger partial charge in [-0.15, -0.1) is 0 Å². The summed E-state index contributed by atoms with van der Waals surface area (Å²) in [5.74, 6) is 0.351. The summed E-state index contributed by atoms with van der Waals surface area (Å²) in [7, 11) is -3.69. The minimum Gasteiger partial charge on any atom is -0.490 e. The van der Waals surface area contributed by atoms with E-state index >= 15 is 0 Å². The van der Waals surface area contributed by atoms with Gasteiger partial charge < -0.3 is 4.74 Å². The first-order chi connectivity index (χ1) is 9.51. The van der Waals surface area contributed by atoms with Crippen LogP contribution in [0.4, 0.5) is 0 Å². The van der Waals surface area contributed by atoms with Gasteiger partial charge in [-0.2, -0.15) is 8.42 Å². The number of ether oxygens (including phenoxy) is 1. The average molecular weight is 294 g/mol. The second-order valence-corrected chi connectivity index (χ2v) is 6.06. The van der Waals surface area contributed by atoms with E-state index in [2.05, 4.69) is 6.58 Å². The standard InChI is InChI=1S/C15H18O4S/c1-3-10-18-14-12-20(16,17)19-15(14,4-2)11-13-8-6-5-7-9-13/h3,5-9,12H,1,4,10-11H2,2H3. The van der Waals surface area contributed by atoms with Crippen LogP contribution in [0.15, 0.2) is 54.2 Å². The molecule has 0 spiro atoms. The van der Waals surface area contributed by atoms with E-state index < -0.39 is 15.7 Å². The molecule has 2 rings (SSSR count). The molecule has 0 N–H and O–H groups in total. The molecule has 1 aromatic carbocycles. The van der Waals surface area contributed by atoms with Crippen LogP contribution in [0.2, 0.25) is 0 Å². The van der Waals surface area contributed by atoms with Crippen molar-refractivity contribution >= 4 is 10.1 Å². The largest absolute Gasteiger partial charge is 0.490 e. The fourth-order valence-electron chi connectivity index (χ4n) is 2.24. The maximum absolute atomic E-state index is 11.8. The number of hydrogen-bond acceptors (Lipinski definition) is 4. The Bertz CT molecular complexity index is 604. The van der Waals surface area contributed by atoms with Crippen molar-refractivity contribution in [2.24, 2.45) is 0 Å². The van der Waals surface area contributed by atoms with E-state index in [1.54, 1.807) is 6.08 Å². The zero-order valence-electron chi connectivity index (χ0n) is 11.4. The third kappa shape index (κ3) is 3.11. The molecule has 1 unspecified atom stereocenters. The molecular weight excluding hydrogens is 276 g/mol. The van der Waals surface area contributed by atoms with Gasteiger partial charge in [-0.1, -0.05) is 49.9 Å². The summed E-state index contributed by atoms with van der Waals surface area (Å²) in [5.41, 5.74) is 0.0444. The minimum atomic E-state index is -3.69. The van der Waals surface area contributed by atoms with Gasteiger partial charge in [0.25, 0.3) is 10.1 Å². The quantitative estimate of drug-likeness (QED) is 0.598. The molecule has 0 fully saturated rings. The molecule has 1 heterocycles. The lowest BCUT2D eigenvalue weighted by molar-refractivity contribution is 0.0535. The van der Waals surface area contributed by atoms with Crippen LogP contribution in [0.1, 0.15) is 18.9 Å². The summed E-state index contributed by atoms with van der Waals surface area (Å²) in [4.78, 5) is 0. The molecular formula is C15H18O4S. The highest BCUT2D eigenvalue weighted by molar-refractivity contribution is 7.90. The van der Waals surface area contributed by atoms with Crippen molar-refractivity contribution in [3.05, 3.63) is 59.7 Å². The smallest absolute Gasteiger partial charge is 0.294 e. The highest BCUT2D eigenvalue weighted by Crippen LogP contribution is 2.38. The summed E-state index contributed by atoms with van der Waals surface area (Å²) in [6.45, 7) is 5.71. The van der Waals surface area contributed by atoms with Gasteiger partial charge >= 0.3 is 0 Å². The van der Waals surface area contributed by atoms with E-state index in [9.17, 15) is 8.42 Å². The second-order valence-electron chi connectivity index (χ2n) is 4.67. The van der Waals surface area contributed by atoms with Gasteiger partial charge in [0.05, 0.1) is 5.41 Å². The third-order valence-electron chi connectivity index (χ3n) is 3.24. The molecule has 5 heteroatoms. The second kappa shape index (κ2) is 5.81. The SMILES string of the molecule is C=CCOC1=CS(=O)(=O)OC1(CC)Cc1ccccc1. The van der Waals surface area contributed by atoms with Crippen LogP contribution in [0.3, 0.4) is 0 Å². The molecule has 1 atom stereocenters. The highest BCUT2D eigenvalue weighted by Gasteiger charge is 2.46. The first-order valence-corrected chi connectivity index (χ1v) is 7.94. The first-order valence-electron chi connectivity index (χ1n) is 6.47. The summed E-state index contributed by atoms with van der Waals surface area (Å²) in [5, 5.41) is 1.07. The molecule has 0 saturated carbocycles. The molecule has 0 bridgehead atoms. The van der Waals surface area contributed by atoms with Crippen molar-refractivity contribution in [3.63, 3.8) is 0 Å². The van der Waals surface area contributed by atoms with Crippen molar-refractivity contribution in [1.29, 1.82) is 0 Å². The van der Waals surface area contributed by atoms with E-state index in [-0.39, 0.29) is 6.61 Å². The van der Waals surface area contributed by atoms with E-state index in [1.165, 1.54) is 0 Å². The summed E-state index contributed by atoms with van der Waals surface area (Å²) in [6, 6.07) is 9.62. The molecule has 0 aromatic heterocycles. The molecule has 1 aliphatic heterocycles. The number of hydrogen-bond donors (Lipinski definition) is 0. The monoisotopic (exact) mass is 294 g/mol. The van der Waals surface area contributed by atoms with Crippen LogP contribution in [0, 0.1) is 0 Å². The Morgan fingerprint density at radius 1 is 1.35 bits per heavy atom. The lowest BCUT2D eigenvalue weighted by Crippen LogP contribution is -2.35. The third-order valence-corrected chi connectivity index (χ3v) is 4.29. The summed E-state index contributed by atoms with van der Waals surface area (Å²) < 4.78 is 34.4. The Kier molecular flexibility index (Phi) is 4.30.